The Bertz CT molecular complexity index is 4910. The normalized spacial score (nSPS) is 19.1. The van der Waals surface area contributed by atoms with Gasteiger partial charge in [0.05, 0.1) is 45.9 Å². The van der Waals surface area contributed by atoms with Gasteiger partial charge in [-0.2, -0.15) is 13.2 Å². The summed E-state index contributed by atoms with van der Waals surface area (Å²) in [7, 11) is -9.22. The van der Waals surface area contributed by atoms with E-state index in [1.165, 1.54) is 35.0 Å². The molecule has 12 rings (SSSR count). The lowest BCUT2D eigenvalue weighted by molar-refractivity contribution is -0.144. The van der Waals surface area contributed by atoms with Crippen molar-refractivity contribution in [1.29, 1.82) is 0 Å². The largest absolute Gasteiger partial charge is 0.501 e. The highest BCUT2D eigenvalue weighted by Gasteiger charge is 2.49. The molecule has 25 nitrogen and oxygen atoms in total. The quantitative estimate of drug-likeness (QED) is 0.0193. The molecule has 33 heteroatoms. The molecule has 6 heterocycles. The fraction of sp³-hybridized carbons (Fsp3) is 0.488. The third-order valence-electron chi connectivity index (χ3n) is 22.9. The number of carbonyl (C=O) groups is 5. The van der Waals surface area contributed by atoms with Crippen LogP contribution >= 0.6 is 34.7 Å². The molecule has 0 radical (unpaired) electrons. The van der Waals surface area contributed by atoms with Crippen LogP contribution in [0.4, 0.5) is 30.4 Å². The van der Waals surface area contributed by atoms with Crippen molar-refractivity contribution in [2.24, 2.45) is 10.8 Å². The highest BCUT2D eigenvalue weighted by Crippen LogP contribution is 2.45. The van der Waals surface area contributed by atoms with Crippen LogP contribution in [-0.2, 0) is 39.0 Å². The summed E-state index contributed by atoms with van der Waals surface area (Å²) in [4.78, 5) is 88.0. The number of thiazole rings is 1. The minimum Gasteiger partial charge on any atom is -0.380 e. The second-order valence-corrected chi connectivity index (χ2v) is 39.0. The maximum atomic E-state index is 14.5. The molecule has 4 aliphatic heterocycles. The minimum absolute atomic E-state index is 0.0202. The highest BCUT2D eigenvalue weighted by atomic mass is 35.5. The second-order valence-electron chi connectivity index (χ2n) is 33.1. The molecule has 0 bridgehead atoms. The van der Waals surface area contributed by atoms with Gasteiger partial charge in [-0.3, -0.25) is 38.7 Å². The lowest BCUT2D eigenvalue weighted by Gasteiger charge is -2.44. The zero-order valence-electron chi connectivity index (χ0n) is 68.6. The molecule has 4 fully saturated rings. The van der Waals surface area contributed by atoms with E-state index in [1.54, 1.807) is 34.4 Å². The van der Waals surface area contributed by atoms with Gasteiger partial charge in [-0.15, -0.1) is 33.3 Å². The van der Waals surface area contributed by atoms with E-state index >= 15 is 0 Å². The number of sulfonamides is 1. The third kappa shape index (κ3) is 23.8. The molecular formula is C86H109ClF3N15O10S4. The summed E-state index contributed by atoms with van der Waals surface area (Å²) in [5.74, 6) is -1.22. The number of amides is 5. The number of ether oxygens (including phenoxy) is 1. The number of benzene rings is 5. The van der Waals surface area contributed by atoms with Crippen LogP contribution in [0, 0.1) is 17.8 Å². The number of nitrogens with one attached hydrogen (secondary N) is 5. The fourth-order valence-corrected chi connectivity index (χ4v) is 20.2. The maximum Gasteiger partial charge on any atom is 0.501 e. The fourth-order valence-electron chi connectivity index (χ4n) is 16.2. The number of alkyl halides is 3. The number of piperazine rings is 2. The molecule has 640 valence electrons. The molecule has 119 heavy (non-hydrogen) atoms. The van der Waals surface area contributed by atoms with Crippen LogP contribution in [0.2, 0.25) is 5.02 Å². The van der Waals surface area contributed by atoms with E-state index < -0.39 is 70.3 Å². The number of aryl methyl sites for hydroxylation is 1. The summed E-state index contributed by atoms with van der Waals surface area (Å²) in [5, 5.41) is 21.6. The first-order valence-corrected chi connectivity index (χ1v) is 46.0. The standard InChI is InChI=1S/C86H109ClF3N15O10S4/c1-59(61-17-19-63(20-18-61)78-60(2)92-58-117-78)93-82(109)74-16-11-39-105(74)83(110)79(84(3,4)5)95-77(106)55-99(7)37-12-36-91-81(108)73-31-32-76(97-96-73)104-47-43-102(44-48-104)57-85(6)35-33-71(62-21-25-66(87)26-22-62)65(53-85)54-101-41-45-103(46-42-101)68-27-23-64(24-28-68)80(107)98-119(113,114)70-29-30-72(75(52-70)118(111,112)86(88,89)90)94-67(56-116-69-14-9-8-10-15-69)34-40-100-38-13-50-115-51-49-100/h8-10,14-15,17-32,52,58-59,67,74,79,94H,11-13,16,33-51,53-57H2,1-7H3,(H,91,108)(H,93,109)(H,95,106)(H,98,107)/t59-,67+,74-,79+,85+/m0/s1. The number of anilines is 3. The molecule has 2 aromatic heterocycles. The van der Waals surface area contributed by atoms with Crippen LogP contribution in [0.15, 0.2) is 159 Å². The molecule has 5 aromatic carbocycles. The summed E-state index contributed by atoms with van der Waals surface area (Å²) in [6, 6.07) is 35.5. The molecule has 4 saturated heterocycles. The van der Waals surface area contributed by atoms with E-state index in [4.69, 9.17) is 16.3 Å². The van der Waals surface area contributed by atoms with Gasteiger partial charge in [-0.25, -0.2) is 26.5 Å². The van der Waals surface area contributed by atoms with E-state index in [0.717, 1.165) is 135 Å². The molecule has 5 N–H and O–H groups in total. The van der Waals surface area contributed by atoms with Gasteiger partial charge in [0.25, 0.3) is 31.7 Å². The Hall–Kier alpha value is -8.57. The van der Waals surface area contributed by atoms with E-state index in [9.17, 15) is 54.0 Å². The number of thioether (sulfide) groups is 1. The van der Waals surface area contributed by atoms with E-state index in [0.29, 0.717) is 107 Å². The smallest absolute Gasteiger partial charge is 0.380 e. The first-order valence-electron chi connectivity index (χ1n) is 40.8. The minimum atomic E-state index is -6.12. The van der Waals surface area contributed by atoms with Gasteiger partial charge >= 0.3 is 5.51 Å². The highest BCUT2D eigenvalue weighted by molar-refractivity contribution is 7.99. The summed E-state index contributed by atoms with van der Waals surface area (Å²) >= 11 is 9.44. The summed E-state index contributed by atoms with van der Waals surface area (Å²) in [6.07, 6.45) is 5.75. The predicted molar refractivity (Wildman–Crippen MR) is 461 cm³/mol. The summed E-state index contributed by atoms with van der Waals surface area (Å²) in [5.41, 5.74) is 2.76. The molecule has 0 spiro atoms. The number of nitrogens with zero attached hydrogens (tertiary/aromatic N) is 10. The zero-order valence-corrected chi connectivity index (χ0v) is 72.6. The summed E-state index contributed by atoms with van der Waals surface area (Å²) in [6.45, 7) is 23.9. The van der Waals surface area contributed by atoms with Crippen molar-refractivity contribution in [3.05, 3.63) is 178 Å². The van der Waals surface area contributed by atoms with Crippen molar-refractivity contribution >= 4 is 107 Å². The lowest BCUT2D eigenvalue weighted by atomic mass is 9.71. The van der Waals surface area contributed by atoms with Gasteiger partial charge in [-0.05, 0) is 184 Å². The van der Waals surface area contributed by atoms with Crippen molar-refractivity contribution in [3.63, 3.8) is 0 Å². The first-order chi connectivity index (χ1) is 56.8. The number of likely N-dealkylation sites (tertiary alicyclic amines) is 1. The van der Waals surface area contributed by atoms with Crippen LogP contribution < -0.4 is 35.8 Å². The number of hydrogen-bond donors (Lipinski definition) is 5. The van der Waals surface area contributed by atoms with Crippen LogP contribution in [-0.4, -0.2) is 247 Å². The Kier molecular flexibility index (Phi) is 30.1. The molecule has 1 aliphatic carbocycles. The first kappa shape index (κ1) is 89.7. The van der Waals surface area contributed by atoms with Gasteiger partial charge < -0.3 is 45.6 Å². The number of carbonyl (C=O) groups excluding carboxylic acids is 5. The molecule has 5 aliphatic rings. The number of rotatable bonds is 32. The van der Waals surface area contributed by atoms with Gasteiger partial charge in [-0.1, -0.05) is 99.5 Å². The van der Waals surface area contributed by atoms with Gasteiger partial charge in [0.15, 0.2) is 11.5 Å². The van der Waals surface area contributed by atoms with Crippen molar-refractivity contribution in [1.82, 2.24) is 60.4 Å². The molecule has 0 unspecified atom stereocenters. The Morgan fingerprint density at radius 2 is 1.47 bits per heavy atom. The molecule has 7 aromatic rings. The number of halogens is 4. The van der Waals surface area contributed by atoms with E-state index in [1.807, 2.05) is 130 Å². The number of likely N-dealkylation sites (N-methyl/N-ethyl adjacent to an activating group) is 1. The number of allylic oxidation sites excluding steroid dienone is 1. The third-order valence-corrected chi connectivity index (χ3v) is 28.2. The molecule has 5 atom stereocenters. The molecule has 5 amide bonds. The Labute approximate surface area is 710 Å². The van der Waals surface area contributed by atoms with Crippen LogP contribution in [0.5, 0.6) is 0 Å². The van der Waals surface area contributed by atoms with Crippen LogP contribution in [0.3, 0.4) is 0 Å². The van der Waals surface area contributed by atoms with Crippen LogP contribution in [0.25, 0.3) is 16.0 Å². The predicted octanol–water partition coefficient (Wildman–Crippen LogP) is 11.7. The second kappa shape index (κ2) is 40.0. The molecule has 0 saturated carbocycles. The average Bonchev–Trinajstić information content (AvgIpc) is 1.43. The lowest BCUT2D eigenvalue weighted by Crippen LogP contribution is -2.58. The average molecular weight is 1730 g/mol. The van der Waals surface area contributed by atoms with Crippen LogP contribution in [0.1, 0.15) is 130 Å². The number of sulfone groups is 1. The Morgan fingerprint density at radius 1 is 0.765 bits per heavy atom. The van der Waals surface area contributed by atoms with Crippen molar-refractivity contribution in [3.8, 4) is 10.4 Å². The maximum absolute atomic E-state index is 14.5. The SMILES string of the molecule is Cc1ncsc1-c1ccc([C@H](C)NC(=O)[C@@H]2CCCN2C(=O)[C@@H](NC(=O)CN(C)CCCNC(=O)c2ccc(N3CCN(C[C@]4(C)CCC(c5ccc(Cl)cc5)=C(CN5CCN(c6ccc(C(=O)NS(=O)(=O)c7ccc(N[C@H](CCN8CCCOCC8)CSc8ccccc8)c(S(=O)(=O)C(F)(F)F)c7)cc6)CC5)C4)CC3)nn2)C(C)(C)C)cc1. The monoisotopic (exact) mass is 1730 g/mol. The van der Waals surface area contributed by atoms with Gasteiger partial charge in [0.1, 0.15) is 17.0 Å². The van der Waals surface area contributed by atoms with E-state index in [-0.39, 0.29) is 52.9 Å². The zero-order chi connectivity index (χ0) is 84.8. The van der Waals surface area contributed by atoms with Crippen molar-refractivity contribution in [2.75, 3.05) is 152 Å². The van der Waals surface area contributed by atoms with Gasteiger partial charge in [0.2, 0.25) is 17.7 Å². The van der Waals surface area contributed by atoms with Crippen molar-refractivity contribution < 1.29 is 58.7 Å². The Balaban J connectivity index is 0.581. The number of hydrogen-bond acceptors (Lipinski definition) is 22. The number of aromatic nitrogens is 3. The summed E-state index contributed by atoms with van der Waals surface area (Å²) < 4.78 is 105. The van der Waals surface area contributed by atoms with Crippen molar-refractivity contribution in [2.45, 2.75) is 137 Å². The molecular weight excluding hydrogens is 1620 g/mol. The Morgan fingerprint density at radius 3 is 2.15 bits per heavy atom. The van der Waals surface area contributed by atoms with Gasteiger partial charge in [0, 0.05) is 144 Å². The topological polar surface area (TPSA) is 284 Å². The van der Waals surface area contributed by atoms with E-state index in [2.05, 4.69) is 80.0 Å².